The number of pyridine rings is 1. The van der Waals surface area contributed by atoms with Gasteiger partial charge in [-0.3, -0.25) is 9.69 Å². The molecule has 6 heteroatoms. The zero-order chi connectivity index (χ0) is 19.5. The number of furan rings is 2. The lowest BCUT2D eigenvalue weighted by Gasteiger charge is -2.22. The Kier molecular flexibility index (Phi) is 4.95. The maximum atomic E-state index is 13.1. The Morgan fingerprint density at radius 3 is 2.57 bits per heavy atom. The van der Waals surface area contributed by atoms with Crippen LogP contribution < -0.4 is 5.32 Å². The van der Waals surface area contributed by atoms with Crippen molar-refractivity contribution < 1.29 is 13.6 Å². The number of amides is 1. The molecule has 1 atom stereocenters. The summed E-state index contributed by atoms with van der Waals surface area (Å²) in [6.45, 7) is 0.423. The van der Waals surface area contributed by atoms with Gasteiger partial charge < -0.3 is 14.2 Å². The number of nitrogens with one attached hydrogen (secondary N) is 1. The Balaban J connectivity index is 1.65. The molecule has 0 saturated carbocycles. The molecule has 28 heavy (non-hydrogen) atoms. The van der Waals surface area contributed by atoms with Crippen LogP contribution in [0.4, 0.5) is 0 Å². The van der Waals surface area contributed by atoms with Gasteiger partial charge in [0.2, 0.25) is 0 Å². The predicted molar refractivity (Wildman–Crippen MR) is 107 cm³/mol. The number of fused-ring (bicyclic) bond motifs is 1. The Morgan fingerprint density at radius 2 is 1.86 bits per heavy atom. The van der Waals surface area contributed by atoms with Crippen LogP contribution >= 0.6 is 0 Å². The molecular weight excluding hydrogens is 354 g/mol. The number of carbonyl (C=O) groups excluding carboxylic acids is 1. The van der Waals surface area contributed by atoms with Crippen molar-refractivity contribution in [1.29, 1.82) is 0 Å². The molecule has 3 heterocycles. The summed E-state index contributed by atoms with van der Waals surface area (Å²) in [5, 5.41) is 3.83. The van der Waals surface area contributed by atoms with Crippen LogP contribution in [0.25, 0.3) is 22.4 Å². The van der Waals surface area contributed by atoms with Gasteiger partial charge in [0, 0.05) is 11.9 Å². The second-order valence-electron chi connectivity index (χ2n) is 6.75. The standard InChI is InChI=1S/C22H21N3O3/c1-25(2)19(21-10-6-12-28-21)14-23-22(26)16-13-18(20-9-5-11-27-20)24-17-8-4-3-7-15(16)17/h3-13,19H,14H2,1-2H3,(H,23,26). The molecule has 0 bridgehead atoms. The summed E-state index contributed by atoms with van der Waals surface area (Å²) in [6, 6.07) is 16.7. The Hall–Kier alpha value is -3.38. The number of likely N-dealkylation sites (N-methyl/N-ethyl adjacent to an activating group) is 1. The first-order chi connectivity index (χ1) is 13.6. The van der Waals surface area contributed by atoms with Gasteiger partial charge in [-0.2, -0.15) is 0 Å². The molecule has 4 aromatic rings. The molecule has 142 valence electrons. The van der Waals surface area contributed by atoms with E-state index in [-0.39, 0.29) is 11.9 Å². The number of rotatable bonds is 6. The fraction of sp³-hybridized carbons (Fsp3) is 0.182. The molecule has 1 N–H and O–H groups in total. The fourth-order valence-electron chi connectivity index (χ4n) is 3.22. The van der Waals surface area contributed by atoms with Crippen LogP contribution in [0.2, 0.25) is 0 Å². The van der Waals surface area contributed by atoms with E-state index >= 15 is 0 Å². The van der Waals surface area contributed by atoms with Crippen molar-refractivity contribution in [3.63, 3.8) is 0 Å². The largest absolute Gasteiger partial charge is 0.468 e. The van der Waals surface area contributed by atoms with Gasteiger partial charge in [-0.15, -0.1) is 0 Å². The average Bonchev–Trinajstić information content (AvgIpc) is 3.41. The van der Waals surface area contributed by atoms with E-state index < -0.39 is 0 Å². The zero-order valence-electron chi connectivity index (χ0n) is 15.8. The van der Waals surface area contributed by atoms with E-state index in [9.17, 15) is 4.79 Å². The van der Waals surface area contributed by atoms with Crippen LogP contribution in [0, 0.1) is 0 Å². The highest BCUT2D eigenvalue weighted by Crippen LogP contribution is 2.25. The topological polar surface area (TPSA) is 71.5 Å². The highest BCUT2D eigenvalue weighted by Gasteiger charge is 2.20. The minimum Gasteiger partial charge on any atom is -0.468 e. The Bertz CT molecular complexity index is 1070. The van der Waals surface area contributed by atoms with Gasteiger partial charge in [0.05, 0.1) is 29.6 Å². The first-order valence-corrected chi connectivity index (χ1v) is 9.05. The highest BCUT2D eigenvalue weighted by atomic mass is 16.3. The minimum absolute atomic E-state index is 0.0587. The first-order valence-electron chi connectivity index (χ1n) is 9.05. The summed E-state index contributed by atoms with van der Waals surface area (Å²) in [7, 11) is 3.91. The first kappa shape index (κ1) is 18.0. The van der Waals surface area contributed by atoms with Gasteiger partial charge in [0.15, 0.2) is 5.76 Å². The summed E-state index contributed by atoms with van der Waals surface area (Å²) in [5.74, 6) is 1.27. The van der Waals surface area contributed by atoms with Gasteiger partial charge in [-0.1, -0.05) is 18.2 Å². The monoisotopic (exact) mass is 375 g/mol. The third kappa shape index (κ3) is 3.54. The quantitative estimate of drug-likeness (QED) is 0.549. The lowest BCUT2D eigenvalue weighted by atomic mass is 10.1. The maximum absolute atomic E-state index is 13.1. The minimum atomic E-state index is -0.162. The van der Waals surface area contributed by atoms with E-state index in [1.54, 1.807) is 24.7 Å². The molecular formula is C22H21N3O3. The van der Waals surface area contributed by atoms with Crippen molar-refractivity contribution in [3.8, 4) is 11.5 Å². The highest BCUT2D eigenvalue weighted by molar-refractivity contribution is 6.07. The Labute approximate surface area is 162 Å². The van der Waals surface area contributed by atoms with Crippen LogP contribution in [0.1, 0.15) is 22.2 Å². The molecule has 1 unspecified atom stereocenters. The van der Waals surface area contributed by atoms with Gasteiger partial charge >= 0.3 is 0 Å². The predicted octanol–water partition coefficient (Wildman–Crippen LogP) is 4.12. The number of aromatic nitrogens is 1. The molecule has 0 radical (unpaired) electrons. The van der Waals surface area contributed by atoms with E-state index in [0.717, 1.165) is 16.7 Å². The molecule has 4 rings (SSSR count). The summed E-state index contributed by atoms with van der Waals surface area (Å²) in [6.07, 6.45) is 3.23. The lowest BCUT2D eigenvalue weighted by molar-refractivity contribution is 0.0940. The summed E-state index contributed by atoms with van der Waals surface area (Å²) in [4.78, 5) is 19.7. The molecule has 3 aromatic heterocycles. The normalized spacial score (nSPS) is 12.4. The molecule has 0 spiro atoms. The van der Waals surface area contributed by atoms with Crippen LogP contribution in [0.15, 0.2) is 76.0 Å². The number of carbonyl (C=O) groups is 1. The van der Waals surface area contributed by atoms with Crippen molar-refractivity contribution in [3.05, 3.63) is 78.4 Å². The van der Waals surface area contributed by atoms with E-state index in [4.69, 9.17) is 8.83 Å². The van der Waals surface area contributed by atoms with E-state index in [1.807, 2.05) is 61.5 Å². The third-order valence-corrected chi connectivity index (χ3v) is 4.69. The van der Waals surface area contributed by atoms with Crippen LogP contribution in [0.3, 0.4) is 0 Å². The average molecular weight is 375 g/mol. The van der Waals surface area contributed by atoms with Gasteiger partial charge in [0.1, 0.15) is 11.5 Å². The molecule has 0 aliphatic heterocycles. The van der Waals surface area contributed by atoms with Crippen LogP contribution in [-0.2, 0) is 0 Å². The number of benzene rings is 1. The van der Waals surface area contributed by atoms with E-state index in [2.05, 4.69) is 10.3 Å². The maximum Gasteiger partial charge on any atom is 0.252 e. The second kappa shape index (κ2) is 7.70. The molecule has 1 aromatic carbocycles. The van der Waals surface area contributed by atoms with E-state index in [1.165, 1.54) is 0 Å². The van der Waals surface area contributed by atoms with E-state index in [0.29, 0.717) is 23.6 Å². The Morgan fingerprint density at radius 1 is 1.07 bits per heavy atom. The van der Waals surface area contributed by atoms with Gasteiger partial charge in [-0.25, -0.2) is 4.98 Å². The number of hydrogen-bond acceptors (Lipinski definition) is 5. The molecule has 1 amide bonds. The van der Waals surface area contributed by atoms with Gasteiger partial charge in [0.25, 0.3) is 5.91 Å². The van der Waals surface area contributed by atoms with Crippen LogP contribution in [0.5, 0.6) is 0 Å². The van der Waals surface area contributed by atoms with Crippen molar-refractivity contribution in [2.75, 3.05) is 20.6 Å². The molecule has 0 fully saturated rings. The van der Waals surface area contributed by atoms with Crippen LogP contribution in [-0.4, -0.2) is 36.4 Å². The smallest absolute Gasteiger partial charge is 0.252 e. The SMILES string of the molecule is CN(C)C(CNC(=O)c1cc(-c2ccco2)nc2ccccc12)c1ccco1. The lowest BCUT2D eigenvalue weighted by Crippen LogP contribution is -2.34. The summed E-state index contributed by atoms with van der Waals surface area (Å²) in [5.41, 5.74) is 1.94. The van der Waals surface area contributed by atoms with Crippen molar-refractivity contribution >= 4 is 16.8 Å². The summed E-state index contributed by atoms with van der Waals surface area (Å²) >= 11 is 0. The number of nitrogens with zero attached hydrogens (tertiary/aromatic N) is 2. The number of para-hydroxylation sites is 1. The fourth-order valence-corrected chi connectivity index (χ4v) is 3.22. The van der Waals surface area contributed by atoms with Crippen molar-refractivity contribution in [2.45, 2.75) is 6.04 Å². The third-order valence-electron chi connectivity index (χ3n) is 4.69. The molecule has 0 saturated heterocycles. The summed E-state index contributed by atoms with van der Waals surface area (Å²) < 4.78 is 11.0. The molecule has 0 aliphatic carbocycles. The van der Waals surface area contributed by atoms with Gasteiger partial charge in [-0.05, 0) is 50.5 Å². The molecule has 6 nitrogen and oxygen atoms in total. The second-order valence-corrected chi connectivity index (χ2v) is 6.75. The zero-order valence-corrected chi connectivity index (χ0v) is 15.8. The number of hydrogen-bond donors (Lipinski definition) is 1. The van der Waals surface area contributed by atoms with Crippen molar-refractivity contribution in [1.82, 2.24) is 15.2 Å². The molecule has 0 aliphatic rings. The van der Waals surface area contributed by atoms with Crippen molar-refractivity contribution in [2.24, 2.45) is 0 Å².